The van der Waals surface area contributed by atoms with Crippen molar-refractivity contribution in [2.75, 3.05) is 13.2 Å². The fraction of sp³-hybridized carbons (Fsp3) is 0.231. The van der Waals surface area contributed by atoms with E-state index >= 15 is 0 Å². The Kier molecular flexibility index (Phi) is 5.26. The smallest absolute Gasteiger partial charge is 0.278 e. The molecule has 5 nitrogen and oxygen atoms in total. The molecule has 2 N–H and O–H groups in total. The van der Waals surface area contributed by atoms with Gasteiger partial charge in [0.05, 0.1) is 5.52 Å². The monoisotopic (exact) mass is 411 g/mol. The standard InChI is InChI=1S/C26H25N3O2/c27-25(16-18-6-2-1-3-7-18)28-26(30)19-10-11-22-21-8-4-5-9-23(21)29(24(22)17-19)20-12-14-31-15-13-20/h1-11,17,20H,12-16H2,(H2,27,28,30). The molecule has 5 rings (SSSR count). The van der Waals surface area contributed by atoms with Crippen LogP contribution in [0.5, 0.6) is 0 Å². The Hall–Kier alpha value is -3.44. The lowest BCUT2D eigenvalue weighted by atomic mass is 10.1. The van der Waals surface area contributed by atoms with Crippen LogP contribution in [0.15, 0.2) is 77.8 Å². The molecule has 4 aromatic rings. The fourth-order valence-electron chi connectivity index (χ4n) is 4.51. The van der Waals surface area contributed by atoms with Gasteiger partial charge in [0, 0.05) is 47.5 Å². The van der Waals surface area contributed by atoms with Crippen molar-refractivity contribution in [3.63, 3.8) is 0 Å². The number of aromatic nitrogens is 1. The molecule has 1 saturated heterocycles. The third-order valence-electron chi connectivity index (χ3n) is 5.99. The van der Waals surface area contributed by atoms with E-state index in [1.165, 1.54) is 10.9 Å². The quantitative estimate of drug-likeness (QED) is 0.384. The number of amidine groups is 1. The molecule has 1 aliphatic heterocycles. The lowest BCUT2D eigenvalue weighted by Crippen LogP contribution is -2.19. The van der Waals surface area contributed by atoms with Crippen LogP contribution in [-0.4, -0.2) is 29.5 Å². The number of carbonyl (C=O) groups is 1. The number of nitrogens with two attached hydrogens (primary N) is 1. The van der Waals surface area contributed by atoms with Crippen molar-refractivity contribution in [2.24, 2.45) is 10.7 Å². The SMILES string of the molecule is NC(Cc1ccccc1)=NC(=O)c1ccc2c3ccccc3n(C3CCOCC3)c2c1. The predicted octanol–water partition coefficient (Wildman–Crippen LogP) is 4.89. The molecular weight excluding hydrogens is 386 g/mol. The van der Waals surface area contributed by atoms with Crippen LogP contribution in [0.1, 0.15) is 34.8 Å². The van der Waals surface area contributed by atoms with Gasteiger partial charge in [0.2, 0.25) is 0 Å². The van der Waals surface area contributed by atoms with Gasteiger partial charge in [-0.2, -0.15) is 4.99 Å². The number of para-hydroxylation sites is 1. The van der Waals surface area contributed by atoms with E-state index in [0.29, 0.717) is 23.9 Å². The van der Waals surface area contributed by atoms with Crippen molar-refractivity contribution >= 4 is 33.5 Å². The highest BCUT2D eigenvalue weighted by Crippen LogP contribution is 2.35. The zero-order valence-electron chi connectivity index (χ0n) is 17.3. The van der Waals surface area contributed by atoms with Crippen LogP contribution in [-0.2, 0) is 11.2 Å². The number of ether oxygens (including phenoxy) is 1. The first kappa shape index (κ1) is 19.5. The van der Waals surface area contributed by atoms with Crippen molar-refractivity contribution in [1.82, 2.24) is 4.57 Å². The summed E-state index contributed by atoms with van der Waals surface area (Å²) < 4.78 is 7.95. The van der Waals surface area contributed by atoms with Gasteiger partial charge in [0.25, 0.3) is 5.91 Å². The number of benzene rings is 3. The van der Waals surface area contributed by atoms with Gasteiger partial charge in [-0.05, 0) is 36.6 Å². The Morgan fingerprint density at radius 3 is 2.45 bits per heavy atom. The first-order chi connectivity index (χ1) is 15.2. The van der Waals surface area contributed by atoms with Gasteiger partial charge in [-0.25, -0.2) is 0 Å². The van der Waals surface area contributed by atoms with E-state index in [0.717, 1.165) is 42.5 Å². The molecule has 0 atom stereocenters. The number of amides is 1. The van der Waals surface area contributed by atoms with Crippen LogP contribution >= 0.6 is 0 Å². The second kappa shape index (κ2) is 8.36. The molecule has 0 saturated carbocycles. The number of aliphatic imine (C=N–C) groups is 1. The Labute approximate surface area is 181 Å². The lowest BCUT2D eigenvalue weighted by molar-refractivity contribution is 0.0717. The molecule has 0 radical (unpaired) electrons. The average Bonchev–Trinajstić information content (AvgIpc) is 3.14. The van der Waals surface area contributed by atoms with Gasteiger partial charge in [0.15, 0.2) is 0 Å². The molecule has 1 amide bonds. The number of rotatable bonds is 4. The number of fused-ring (bicyclic) bond motifs is 3. The Balaban J connectivity index is 1.54. The summed E-state index contributed by atoms with van der Waals surface area (Å²) in [5.41, 5.74) is 9.92. The zero-order chi connectivity index (χ0) is 21.2. The van der Waals surface area contributed by atoms with Crippen molar-refractivity contribution in [3.8, 4) is 0 Å². The Morgan fingerprint density at radius 2 is 1.65 bits per heavy atom. The summed E-state index contributed by atoms with van der Waals surface area (Å²) in [7, 11) is 0. The minimum Gasteiger partial charge on any atom is -0.387 e. The largest absolute Gasteiger partial charge is 0.387 e. The molecule has 1 aliphatic rings. The van der Waals surface area contributed by atoms with Crippen LogP contribution < -0.4 is 5.73 Å². The zero-order valence-corrected chi connectivity index (χ0v) is 17.3. The summed E-state index contributed by atoms with van der Waals surface area (Å²) >= 11 is 0. The maximum Gasteiger partial charge on any atom is 0.278 e. The van der Waals surface area contributed by atoms with E-state index in [1.54, 1.807) is 0 Å². The highest BCUT2D eigenvalue weighted by molar-refractivity contribution is 6.11. The van der Waals surface area contributed by atoms with E-state index in [4.69, 9.17) is 10.5 Å². The van der Waals surface area contributed by atoms with Crippen molar-refractivity contribution in [3.05, 3.63) is 83.9 Å². The number of hydrogen-bond acceptors (Lipinski definition) is 2. The van der Waals surface area contributed by atoms with Gasteiger partial charge < -0.3 is 15.0 Å². The van der Waals surface area contributed by atoms with Gasteiger partial charge in [-0.15, -0.1) is 0 Å². The van der Waals surface area contributed by atoms with Gasteiger partial charge in [-0.3, -0.25) is 4.79 Å². The van der Waals surface area contributed by atoms with Crippen molar-refractivity contribution in [1.29, 1.82) is 0 Å². The van der Waals surface area contributed by atoms with E-state index < -0.39 is 0 Å². The van der Waals surface area contributed by atoms with Crippen LogP contribution in [0, 0.1) is 0 Å². The van der Waals surface area contributed by atoms with Gasteiger partial charge in [-0.1, -0.05) is 54.6 Å². The summed E-state index contributed by atoms with van der Waals surface area (Å²) in [5.74, 6) is 0.0142. The molecular formula is C26H25N3O2. The third kappa shape index (κ3) is 3.84. The molecule has 0 aliphatic carbocycles. The topological polar surface area (TPSA) is 69.6 Å². The first-order valence-electron chi connectivity index (χ1n) is 10.7. The highest BCUT2D eigenvalue weighted by atomic mass is 16.5. The van der Waals surface area contributed by atoms with E-state index in [-0.39, 0.29) is 5.91 Å². The van der Waals surface area contributed by atoms with Gasteiger partial charge >= 0.3 is 0 Å². The van der Waals surface area contributed by atoms with E-state index in [2.05, 4.69) is 33.8 Å². The fourth-order valence-corrected chi connectivity index (χ4v) is 4.51. The second-order valence-corrected chi connectivity index (χ2v) is 8.03. The molecule has 2 heterocycles. The van der Waals surface area contributed by atoms with Gasteiger partial charge in [0.1, 0.15) is 5.84 Å². The molecule has 31 heavy (non-hydrogen) atoms. The van der Waals surface area contributed by atoms with Crippen LogP contribution in [0.2, 0.25) is 0 Å². The van der Waals surface area contributed by atoms with E-state index in [1.807, 2.05) is 48.5 Å². The minimum atomic E-state index is -0.306. The van der Waals surface area contributed by atoms with Crippen molar-refractivity contribution in [2.45, 2.75) is 25.3 Å². The average molecular weight is 412 g/mol. The highest BCUT2D eigenvalue weighted by Gasteiger charge is 2.21. The van der Waals surface area contributed by atoms with Crippen LogP contribution in [0.4, 0.5) is 0 Å². The maximum absolute atomic E-state index is 12.9. The molecule has 156 valence electrons. The minimum absolute atomic E-state index is 0.306. The molecule has 0 unspecified atom stereocenters. The van der Waals surface area contributed by atoms with E-state index in [9.17, 15) is 4.79 Å². The first-order valence-corrected chi connectivity index (χ1v) is 10.7. The molecule has 1 fully saturated rings. The maximum atomic E-state index is 12.9. The number of hydrogen-bond donors (Lipinski definition) is 1. The second-order valence-electron chi connectivity index (χ2n) is 8.03. The Bertz CT molecular complexity index is 1270. The number of nitrogens with zero attached hydrogens (tertiary/aromatic N) is 2. The number of carbonyl (C=O) groups excluding carboxylic acids is 1. The molecule has 0 bridgehead atoms. The summed E-state index contributed by atoms with van der Waals surface area (Å²) in [6, 6.07) is 24.4. The summed E-state index contributed by atoms with van der Waals surface area (Å²) in [6.45, 7) is 1.52. The Morgan fingerprint density at radius 1 is 0.935 bits per heavy atom. The van der Waals surface area contributed by atoms with Crippen LogP contribution in [0.3, 0.4) is 0 Å². The third-order valence-corrected chi connectivity index (χ3v) is 5.99. The molecule has 3 aromatic carbocycles. The normalized spacial score (nSPS) is 15.5. The summed E-state index contributed by atoms with van der Waals surface area (Å²) in [4.78, 5) is 17.1. The summed E-state index contributed by atoms with van der Waals surface area (Å²) in [6.07, 6.45) is 2.39. The van der Waals surface area contributed by atoms with Crippen LogP contribution in [0.25, 0.3) is 21.8 Å². The van der Waals surface area contributed by atoms with Crippen molar-refractivity contribution < 1.29 is 9.53 Å². The molecule has 5 heteroatoms. The summed E-state index contributed by atoms with van der Waals surface area (Å²) in [5, 5.41) is 2.36. The molecule has 0 spiro atoms. The lowest BCUT2D eigenvalue weighted by Gasteiger charge is -2.25. The molecule has 1 aromatic heterocycles. The predicted molar refractivity (Wildman–Crippen MR) is 125 cm³/mol.